The second-order valence-corrected chi connectivity index (χ2v) is 11.4. The highest BCUT2D eigenvalue weighted by molar-refractivity contribution is 6.29. The monoisotopic (exact) mass is 452 g/mol. The molecule has 3 nitrogen and oxygen atoms in total. The maximum absolute atomic E-state index is 13.5. The average Bonchev–Trinajstić information content (AvgIpc) is 2.68. The molecule has 0 aromatic heterocycles. The van der Waals surface area contributed by atoms with Gasteiger partial charge in [0.05, 0.1) is 11.4 Å². The quantitative estimate of drug-likeness (QED) is 0.509. The molecule has 2 aliphatic carbocycles. The standard InChI is InChI=1S/C25H38Cl2N2O/c1-17(2)23(28-15-18-6-5-7-21(27)14-18)24(30)29-13-12-22(25(3,4)16-29)19-8-10-20(26)11-9-19/h5-7,10,17,19,21-23,28H,8-9,11-16H2,1-4H3/t19?,21?,22?,23-/m1/s1. The van der Waals surface area contributed by atoms with Crippen molar-refractivity contribution >= 4 is 29.1 Å². The molecule has 5 heteroatoms. The van der Waals surface area contributed by atoms with Crippen molar-refractivity contribution in [3.05, 3.63) is 34.9 Å². The van der Waals surface area contributed by atoms with Crippen molar-refractivity contribution in [2.75, 3.05) is 19.6 Å². The largest absolute Gasteiger partial charge is 0.341 e. The molecule has 3 unspecified atom stereocenters. The smallest absolute Gasteiger partial charge is 0.239 e. The SMILES string of the molecule is CC(C)[C@@H](NCC1=CC=CC(Cl)C1)C(=O)N1CCC(C2CC=C(Cl)CC2)C(C)(C)C1. The molecule has 4 atom stereocenters. The van der Waals surface area contributed by atoms with E-state index in [2.05, 4.69) is 50.1 Å². The molecular weight excluding hydrogens is 415 g/mol. The van der Waals surface area contributed by atoms with Crippen molar-refractivity contribution in [3.8, 4) is 0 Å². The van der Waals surface area contributed by atoms with Gasteiger partial charge >= 0.3 is 0 Å². The van der Waals surface area contributed by atoms with E-state index in [1.165, 1.54) is 12.0 Å². The molecule has 1 heterocycles. The van der Waals surface area contributed by atoms with Gasteiger partial charge in [-0.25, -0.2) is 0 Å². The zero-order valence-corrected chi connectivity index (χ0v) is 20.5. The van der Waals surface area contributed by atoms with Gasteiger partial charge in [-0.1, -0.05) is 69.2 Å². The van der Waals surface area contributed by atoms with Gasteiger partial charge < -0.3 is 10.2 Å². The van der Waals surface area contributed by atoms with Crippen molar-refractivity contribution in [2.24, 2.45) is 23.2 Å². The van der Waals surface area contributed by atoms with Crippen LogP contribution in [0.5, 0.6) is 0 Å². The molecule has 0 aromatic rings. The van der Waals surface area contributed by atoms with Gasteiger partial charge in [-0.2, -0.15) is 0 Å². The predicted molar refractivity (Wildman–Crippen MR) is 128 cm³/mol. The van der Waals surface area contributed by atoms with Gasteiger partial charge in [0, 0.05) is 24.7 Å². The summed E-state index contributed by atoms with van der Waals surface area (Å²) in [5, 5.41) is 4.62. The highest BCUT2D eigenvalue weighted by Gasteiger charge is 2.42. The van der Waals surface area contributed by atoms with Crippen LogP contribution < -0.4 is 5.32 Å². The number of rotatable bonds is 6. The number of carbonyl (C=O) groups is 1. The third-order valence-corrected chi connectivity index (χ3v) is 7.82. The van der Waals surface area contributed by atoms with Gasteiger partial charge in [-0.05, 0) is 55.3 Å². The molecule has 168 valence electrons. The van der Waals surface area contributed by atoms with Gasteiger partial charge in [0.25, 0.3) is 0 Å². The maximum Gasteiger partial charge on any atom is 0.239 e. The second-order valence-electron chi connectivity index (χ2n) is 10.4. The van der Waals surface area contributed by atoms with Crippen LogP contribution in [0.15, 0.2) is 34.9 Å². The second kappa shape index (κ2) is 10.2. The van der Waals surface area contributed by atoms with Gasteiger partial charge in [-0.3, -0.25) is 4.79 Å². The van der Waals surface area contributed by atoms with Gasteiger partial charge in [0.1, 0.15) is 0 Å². The highest BCUT2D eigenvalue weighted by Crippen LogP contribution is 2.45. The summed E-state index contributed by atoms with van der Waals surface area (Å²) in [6, 6.07) is -0.158. The van der Waals surface area contributed by atoms with E-state index in [0.717, 1.165) is 50.3 Å². The number of likely N-dealkylation sites (tertiary alicyclic amines) is 1. The Morgan fingerprint density at radius 1 is 1.33 bits per heavy atom. The molecule has 30 heavy (non-hydrogen) atoms. The van der Waals surface area contributed by atoms with E-state index in [0.29, 0.717) is 11.8 Å². The Morgan fingerprint density at radius 2 is 2.10 bits per heavy atom. The fraction of sp³-hybridized carbons (Fsp3) is 0.720. The number of amides is 1. The first-order valence-electron chi connectivity index (χ1n) is 11.5. The van der Waals surface area contributed by atoms with Crippen LogP contribution in [0.1, 0.15) is 59.8 Å². The van der Waals surface area contributed by atoms with Crippen molar-refractivity contribution in [2.45, 2.75) is 71.2 Å². The summed E-state index contributed by atoms with van der Waals surface area (Å²) in [5.41, 5.74) is 1.39. The first kappa shape index (κ1) is 23.9. The summed E-state index contributed by atoms with van der Waals surface area (Å²) in [7, 11) is 0. The number of halogens is 2. The van der Waals surface area contributed by atoms with E-state index in [1.807, 2.05) is 12.2 Å². The molecule has 0 bridgehead atoms. The van der Waals surface area contributed by atoms with E-state index in [9.17, 15) is 4.79 Å². The van der Waals surface area contributed by atoms with Crippen LogP contribution in [0, 0.1) is 23.2 Å². The summed E-state index contributed by atoms with van der Waals surface area (Å²) in [6.45, 7) is 11.4. The predicted octanol–water partition coefficient (Wildman–Crippen LogP) is 5.89. The lowest BCUT2D eigenvalue weighted by Gasteiger charge is -2.49. The van der Waals surface area contributed by atoms with Crippen LogP contribution in [-0.2, 0) is 4.79 Å². The Bertz CT molecular complexity index is 710. The lowest BCUT2D eigenvalue weighted by molar-refractivity contribution is -0.140. The molecule has 0 radical (unpaired) electrons. The van der Waals surface area contributed by atoms with Crippen molar-refractivity contribution in [1.82, 2.24) is 10.2 Å². The van der Waals surface area contributed by atoms with Crippen LogP contribution in [0.25, 0.3) is 0 Å². The molecule has 1 saturated heterocycles. The Hall–Kier alpha value is -0.770. The first-order chi connectivity index (χ1) is 14.2. The molecule has 1 fully saturated rings. The normalized spacial score (nSPS) is 30.1. The Labute approximate surface area is 192 Å². The zero-order valence-electron chi connectivity index (χ0n) is 19.0. The van der Waals surface area contributed by atoms with Crippen molar-refractivity contribution < 1.29 is 4.79 Å². The molecule has 1 amide bonds. The third kappa shape index (κ3) is 5.93. The molecule has 3 rings (SSSR count). The Kier molecular flexibility index (Phi) is 8.15. The Morgan fingerprint density at radius 3 is 2.70 bits per heavy atom. The van der Waals surface area contributed by atoms with Gasteiger partial charge in [0.15, 0.2) is 0 Å². The summed E-state index contributed by atoms with van der Waals surface area (Å²) >= 11 is 12.5. The number of carbonyl (C=O) groups excluding carboxylic acids is 1. The summed E-state index contributed by atoms with van der Waals surface area (Å²) in [4.78, 5) is 15.6. The lowest BCUT2D eigenvalue weighted by Crippen LogP contribution is -2.56. The molecule has 0 spiro atoms. The van der Waals surface area contributed by atoms with E-state index in [4.69, 9.17) is 23.2 Å². The maximum atomic E-state index is 13.5. The molecule has 1 aliphatic heterocycles. The summed E-state index contributed by atoms with van der Waals surface area (Å²) < 4.78 is 0. The topological polar surface area (TPSA) is 32.3 Å². The van der Waals surface area contributed by atoms with E-state index >= 15 is 0 Å². The number of hydrogen-bond donors (Lipinski definition) is 1. The fourth-order valence-electron chi connectivity index (χ4n) is 5.50. The van der Waals surface area contributed by atoms with E-state index < -0.39 is 0 Å². The molecule has 0 aromatic carbocycles. The number of nitrogens with one attached hydrogen (secondary N) is 1. The van der Waals surface area contributed by atoms with E-state index in [-0.39, 0.29) is 28.7 Å². The van der Waals surface area contributed by atoms with Gasteiger partial charge in [-0.15, -0.1) is 11.6 Å². The zero-order chi connectivity index (χ0) is 21.9. The number of allylic oxidation sites excluding steroid dienone is 5. The summed E-state index contributed by atoms with van der Waals surface area (Å²) in [5.74, 6) is 1.83. The number of nitrogens with zero attached hydrogens (tertiary/aromatic N) is 1. The number of alkyl halides is 1. The van der Waals surface area contributed by atoms with Crippen molar-refractivity contribution in [3.63, 3.8) is 0 Å². The minimum Gasteiger partial charge on any atom is -0.341 e. The van der Waals surface area contributed by atoms with E-state index in [1.54, 1.807) is 0 Å². The molecule has 1 N–H and O–H groups in total. The minimum atomic E-state index is -0.158. The number of piperidine rings is 1. The fourth-order valence-corrected chi connectivity index (χ4v) is 5.98. The third-order valence-electron chi connectivity index (χ3n) is 7.18. The summed E-state index contributed by atoms with van der Waals surface area (Å²) in [6.07, 6.45) is 13.6. The first-order valence-corrected chi connectivity index (χ1v) is 12.4. The number of hydrogen-bond acceptors (Lipinski definition) is 2. The minimum absolute atomic E-state index is 0.0596. The van der Waals surface area contributed by atoms with Crippen LogP contribution >= 0.6 is 23.2 Å². The molecule has 3 aliphatic rings. The molecule has 0 saturated carbocycles. The van der Waals surface area contributed by atoms with Crippen molar-refractivity contribution in [1.29, 1.82) is 0 Å². The van der Waals surface area contributed by atoms with Gasteiger partial charge in [0.2, 0.25) is 5.91 Å². The lowest BCUT2D eigenvalue weighted by atomic mass is 9.65. The Balaban J connectivity index is 1.60. The highest BCUT2D eigenvalue weighted by atomic mass is 35.5. The average molecular weight is 453 g/mol. The van der Waals surface area contributed by atoms with Crippen LogP contribution in [0.3, 0.4) is 0 Å². The van der Waals surface area contributed by atoms with Crippen LogP contribution in [-0.4, -0.2) is 41.9 Å². The van der Waals surface area contributed by atoms with Crippen LogP contribution in [0.2, 0.25) is 0 Å². The molecular formula is C25H38Cl2N2O. The van der Waals surface area contributed by atoms with Crippen LogP contribution in [0.4, 0.5) is 0 Å².